The van der Waals surface area contributed by atoms with Crippen molar-refractivity contribution in [3.8, 4) is 22.3 Å². The predicted octanol–water partition coefficient (Wildman–Crippen LogP) is 6.26. The van der Waals surface area contributed by atoms with E-state index in [2.05, 4.69) is 58.4 Å². The summed E-state index contributed by atoms with van der Waals surface area (Å²) in [4.78, 5) is 6.93. The second-order valence-electron chi connectivity index (χ2n) is 8.81. The van der Waals surface area contributed by atoms with E-state index >= 15 is 0 Å². The Hall–Kier alpha value is -3.08. The minimum absolute atomic E-state index is 0.0268. The van der Waals surface area contributed by atoms with Crippen molar-refractivity contribution in [2.75, 3.05) is 18.0 Å². The molecule has 4 aromatic rings. The van der Waals surface area contributed by atoms with E-state index in [0.717, 1.165) is 30.3 Å². The van der Waals surface area contributed by atoms with Crippen molar-refractivity contribution < 1.29 is 13.2 Å². The third-order valence-corrected chi connectivity index (χ3v) is 7.02. The summed E-state index contributed by atoms with van der Waals surface area (Å²) in [5.41, 5.74) is 3.64. The average Bonchev–Trinajstić information content (AvgIpc) is 3.32. The zero-order valence-electron chi connectivity index (χ0n) is 21.3. The van der Waals surface area contributed by atoms with Gasteiger partial charge in [0, 0.05) is 59.3 Å². The Morgan fingerprint density at radius 2 is 1.59 bits per heavy atom. The minimum Gasteiger partial charge on any atom is -0.364 e. The molecule has 1 saturated heterocycles. The molecule has 0 amide bonds. The maximum Gasteiger partial charge on any atom is 0.417 e. The van der Waals surface area contributed by atoms with Gasteiger partial charge in [0.25, 0.3) is 0 Å². The number of nitrogens with one attached hydrogen (secondary N) is 1. The maximum absolute atomic E-state index is 13.5. The molecule has 0 saturated carbocycles. The number of anilines is 1. The number of rotatable bonds is 4. The number of fused-ring (bicyclic) bond motifs is 1. The molecule has 1 fully saturated rings. The third-order valence-electron chi connectivity index (χ3n) is 6.41. The van der Waals surface area contributed by atoms with Gasteiger partial charge < -0.3 is 10.2 Å². The largest absolute Gasteiger partial charge is 0.417 e. The Balaban J connectivity index is 0.00000156. The van der Waals surface area contributed by atoms with Crippen LogP contribution in [-0.2, 0) is 6.18 Å². The normalized spacial score (nSPS) is 18.0. The maximum atomic E-state index is 13.5. The topological polar surface area (TPSA) is 71.5 Å². The summed E-state index contributed by atoms with van der Waals surface area (Å²) in [6, 6.07) is 13.2. The summed E-state index contributed by atoms with van der Waals surface area (Å²) >= 11 is 0.579. The molecule has 0 aliphatic carbocycles. The van der Waals surface area contributed by atoms with E-state index in [1.165, 1.54) is 18.0 Å². The number of nitrogens with two attached hydrogens (primary N) is 1. The molecule has 37 heavy (non-hydrogen) atoms. The molecule has 3 heterocycles. The van der Waals surface area contributed by atoms with E-state index in [4.69, 9.17) is 5.14 Å². The van der Waals surface area contributed by atoms with Crippen LogP contribution >= 0.6 is 11.9 Å². The van der Waals surface area contributed by atoms with Crippen molar-refractivity contribution in [3.63, 3.8) is 0 Å². The molecule has 0 spiro atoms. The molecular formula is C27H31F3N6S. The molecular weight excluding hydrogens is 497 g/mol. The van der Waals surface area contributed by atoms with E-state index < -0.39 is 11.7 Å². The van der Waals surface area contributed by atoms with Crippen LogP contribution in [0.2, 0.25) is 0 Å². The van der Waals surface area contributed by atoms with E-state index in [-0.39, 0.29) is 4.90 Å². The lowest BCUT2D eigenvalue weighted by atomic mass is 10.0. The SMILES string of the molecule is CC.CC1CNCC(C)N1c1ccc(-c2cnc3c(-c4ccc(SN)c(C(F)(F)F)c4)cnn3c2)cc1. The van der Waals surface area contributed by atoms with E-state index in [9.17, 15) is 13.2 Å². The summed E-state index contributed by atoms with van der Waals surface area (Å²) < 4.78 is 42.1. The number of alkyl halides is 3. The fourth-order valence-corrected chi connectivity index (χ4v) is 5.16. The number of piperazine rings is 1. The number of halogens is 3. The standard InChI is InChI=1S/C25H25F3N6S.C2H6/c1-15-10-30-11-16(2)34(15)20-6-3-17(4-7-20)19-12-31-24-21(13-32-33(24)14-19)18-5-8-23(35-29)22(9-18)25(26,27)28;1-2/h3-9,12-16,30H,10-11,29H2,1-2H3;1-2H3. The van der Waals surface area contributed by atoms with Gasteiger partial charge in [0.2, 0.25) is 0 Å². The Kier molecular flexibility index (Phi) is 8.11. The van der Waals surface area contributed by atoms with Gasteiger partial charge in [-0.05, 0) is 61.2 Å². The van der Waals surface area contributed by atoms with Crippen LogP contribution in [0.3, 0.4) is 0 Å². The second kappa shape index (κ2) is 11.1. The van der Waals surface area contributed by atoms with Crippen molar-refractivity contribution in [1.82, 2.24) is 19.9 Å². The minimum atomic E-state index is -4.51. The van der Waals surface area contributed by atoms with Crippen molar-refractivity contribution in [2.45, 2.75) is 50.9 Å². The van der Waals surface area contributed by atoms with Crippen LogP contribution in [0.4, 0.5) is 18.9 Å². The van der Waals surface area contributed by atoms with Crippen LogP contribution in [-0.4, -0.2) is 39.8 Å². The van der Waals surface area contributed by atoms with Crippen LogP contribution in [0, 0.1) is 0 Å². The van der Waals surface area contributed by atoms with Crippen LogP contribution < -0.4 is 15.4 Å². The van der Waals surface area contributed by atoms with E-state index in [0.29, 0.717) is 40.8 Å². The average molecular weight is 529 g/mol. The van der Waals surface area contributed by atoms with Gasteiger partial charge in [0.15, 0.2) is 5.65 Å². The highest BCUT2D eigenvalue weighted by molar-refractivity contribution is 7.97. The Morgan fingerprint density at radius 1 is 0.946 bits per heavy atom. The van der Waals surface area contributed by atoms with Gasteiger partial charge in [-0.1, -0.05) is 32.0 Å². The second-order valence-corrected chi connectivity index (χ2v) is 9.48. The fraction of sp³-hybridized carbons (Fsp3) is 0.333. The van der Waals surface area contributed by atoms with Crippen LogP contribution in [0.1, 0.15) is 33.3 Å². The quantitative estimate of drug-likeness (QED) is 0.305. The van der Waals surface area contributed by atoms with E-state index in [1.807, 2.05) is 20.0 Å². The molecule has 2 aromatic carbocycles. The summed E-state index contributed by atoms with van der Waals surface area (Å²) in [5, 5.41) is 13.2. The van der Waals surface area contributed by atoms with Gasteiger partial charge in [-0.15, -0.1) is 0 Å². The Labute approximate surface area is 219 Å². The highest BCUT2D eigenvalue weighted by Gasteiger charge is 2.34. The van der Waals surface area contributed by atoms with E-state index in [1.54, 1.807) is 16.8 Å². The number of hydrogen-bond acceptors (Lipinski definition) is 6. The van der Waals surface area contributed by atoms with Crippen molar-refractivity contribution in [3.05, 3.63) is 66.6 Å². The third kappa shape index (κ3) is 5.46. The lowest BCUT2D eigenvalue weighted by molar-refractivity contribution is -0.139. The molecule has 0 bridgehead atoms. The molecule has 3 N–H and O–H groups in total. The van der Waals surface area contributed by atoms with Gasteiger partial charge >= 0.3 is 6.18 Å². The Bertz CT molecular complexity index is 1340. The summed E-state index contributed by atoms with van der Waals surface area (Å²) in [5.74, 6) is 0. The van der Waals surface area contributed by atoms with Crippen LogP contribution in [0.25, 0.3) is 27.9 Å². The number of benzene rings is 2. The summed E-state index contributed by atoms with van der Waals surface area (Å²) in [6.45, 7) is 10.3. The lowest BCUT2D eigenvalue weighted by Crippen LogP contribution is -2.55. The molecule has 2 atom stereocenters. The molecule has 6 nitrogen and oxygen atoms in total. The molecule has 1 aliphatic heterocycles. The first kappa shape index (κ1) is 27.0. The molecule has 2 unspecified atom stereocenters. The van der Waals surface area contributed by atoms with Crippen molar-refractivity contribution >= 4 is 23.3 Å². The summed E-state index contributed by atoms with van der Waals surface area (Å²) in [6.07, 6.45) is 0.590. The molecule has 10 heteroatoms. The zero-order chi connectivity index (χ0) is 26.7. The first-order valence-electron chi connectivity index (χ1n) is 12.3. The van der Waals surface area contributed by atoms with Crippen LogP contribution in [0.5, 0.6) is 0 Å². The summed E-state index contributed by atoms with van der Waals surface area (Å²) in [7, 11) is 0. The predicted molar refractivity (Wildman–Crippen MR) is 145 cm³/mol. The zero-order valence-corrected chi connectivity index (χ0v) is 22.1. The van der Waals surface area contributed by atoms with Gasteiger partial charge in [-0.2, -0.15) is 18.3 Å². The van der Waals surface area contributed by atoms with Gasteiger partial charge in [-0.25, -0.2) is 9.50 Å². The smallest absolute Gasteiger partial charge is 0.364 e. The highest BCUT2D eigenvalue weighted by atomic mass is 32.2. The van der Waals surface area contributed by atoms with Gasteiger partial charge in [0.05, 0.1) is 11.8 Å². The fourth-order valence-electron chi connectivity index (χ4n) is 4.72. The number of hydrogen-bond donors (Lipinski definition) is 2. The lowest BCUT2D eigenvalue weighted by Gasteiger charge is -2.41. The van der Waals surface area contributed by atoms with Gasteiger partial charge in [-0.3, -0.25) is 5.14 Å². The molecule has 2 aromatic heterocycles. The first-order valence-corrected chi connectivity index (χ1v) is 13.2. The number of nitrogens with zero attached hydrogens (tertiary/aromatic N) is 4. The molecule has 5 rings (SSSR count). The molecule has 0 radical (unpaired) electrons. The monoisotopic (exact) mass is 528 g/mol. The van der Waals surface area contributed by atoms with Crippen molar-refractivity contribution in [2.24, 2.45) is 5.14 Å². The molecule has 196 valence electrons. The molecule has 1 aliphatic rings. The van der Waals surface area contributed by atoms with Crippen LogP contribution in [0.15, 0.2) is 66.0 Å². The van der Waals surface area contributed by atoms with Gasteiger partial charge in [0.1, 0.15) is 0 Å². The first-order chi connectivity index (χ1) is 17.8. The number of aromatic nitrogens is 3. The highest BCUT2D eigenvalue weighted by Crippen LogP contribution is 2.38. The Morgan fingerprint density at radius 3 is 2.22 bits per heavy atom. The van der Waals surface area contributed by atoms with Crippen molar-refractivity contribution in [1.29, 1.82) is 0 Å².